The van der Waals surface area contributed by atoms with Gasteiger partial charge in [-0.2, -0.15) is 0 Å². The van der Waals surface area contributed by atoms with Gasteiger partial charge in [-0.05, 0) is 61.2 Å². The number of rotatable bonds is 5. The number of hydrogen-bond donors (Lipinski definition) is 1. The summed E-state index contributed by atoms with van der Waals surface area (Å²) in [7, 11) is 1.64. The van der Waals surface area contributed by atoms with Crippen LogP contribution in [-0.4, -0.2) is 37.7 Å². The Labute approximate surface area is 190 Å². The van der Waals surface area contributed by atoms with Crippen LogP contribution >= 0.6 is 11.3 Å². The number of carbonyl (C=O) groups excluding carboxylic acids is 2. The Hall–Kier alpha value is -3.45. The lowest BCUT2D eigenvalue weighted by Crippen LogP contribution is -2.38. The van der Waals surface area contributed by atoms with E-state index in [1.54, 1.807) is 23.3 Å². The summed E-state index contributed by atoms with van der Waals surface area (Å²) in [4.78, 5) is 33.5. The van der Waals surface area contributed by atoms with E-state index in [1.165, 1.54) is 10.4 Å². The van der Waals surface area contributed by atoms with Crippen molar-refractivity contribution in [3.63, 3.8) is 0 Å². The molecular weight excluding hydrogens is 422 g/mol. The third-order valence-electron chi connectivity index (χ3n) is 5.78. The average Bonchev–Trinajstić information content (AvgIpc) is 3.37. The Balaban J connectivity index is 1.51. The zero-order valence-corrected chi connectivity index (χ0v) is 18.6. The first-order valence-electron chi connectivity index (χ1n) is 10.6. The number of anilines is 2. The lowest BCUT2D eigenvalue weighted by atomic mass is 9.99. The highest BCUT2D eigenvalue weighted by Gasteiger charge is 2.33. The molecule has 1 aliphatic heterocycles. The van der Waals surface area contributed by atoms with Crippen LogP contribution in [0.1, 0.15) is 28.0 Å². The van der Waals surface area contributed by atoms with Gasteiger partial charge in [-0.25, -0.2) is 0 Å². The maximum Gasteiger partial charge on any atom is 0.249 e. The Morgan fingerprint density at radius 3 is 2.66 bits per heavy atom. The molecule has 2 aliphatic rings. The highest BCUT2D eigenvalue weighted by molar-refractivity contribution is 7.17. The molecule has 1 N–H and O–H groups in total. The van der Waals surface area contributed by atoms with E-state index in [1.807, 2.05) is 54.6 Å². The van der Waals surface area contributed by atoms with E-state index >= 15 is 0 Å². The number of nitrogens with one attached hydrogen (secondary N) is 1. The number of para-hydroxylation sites is 1. The number of methoxy groups -OCH3 is 1. The molecule has 5 rings (SSSR count). The third-order valence-corrected chi connectivity index (χ3v) is 7.10. The predicted molar refractivity (Wildman–Crippen MR) is 127 cm³/mol. The summed E-state index contributed by atoms with van der Waals surface area (Å²) in [6.45, 7) is -0.0261. The van der Waals surface area contributed by atoms with E-state index in [4.69, 9.17) is 9.73 Å². The Bertz CT molecular complexity index is 1200. The average molecular weight is 446 g/mol. The molecule has 2 amide bonds. The summed E-state index contributed by atoms with van der Waals surface area (Å²) in [6.07, 6.45) is 3.07. The largest absolute Gasteiger partial charge is 0.497 e. The monoisotopic (exact) mass is 445 g/mol. The van der Waals surface area contributed by atoms with Gasteiger partial charge in [0.1, 0.15) is 23.8 Å². The summed E-state index contributed by atoms with van der Waals surface area (Å²) in [5.41, 5.74) is 4.75. The zero-order chi connectivity index (χ0) is 22.1. The van der Waals surface area contributed by atoms with Crippen molar-refractivity contribution in [2.75, 3.05) is 30.4 Å². The number of carbonyl (C=O) groups is 2. The van der Waals surface area contributed by atoms with Crippen LogP contribution in [0.25, 0.3) is 0 Å². The van der Waals surface area contributed by atoms with Crippen LogP contribution in [-0.2, 0) is 22.4 Å². The molecular formula is C25H23N3O3S. The smallest absolute Gasteiger partial charge is 0.249 e. The first-order valence-corrected chi connectivity index (χ1v) is 11.4. The molecule has 7 heteroatoms. The summed E-state index contributed by atoms with van der Waals surface area (Å²) in [5.74, 6) is 0.379. The fraction of sp³-hybridized carbons (Fsp3) is 0.240. The highest BCUT2D eigenvalue weighted by atomic mass is 32.1. The molecule has 0 saturated carbocycles. The second kappa shape index (κ2) is 8.59. The van der Waals surface area contributed by atoms with E-state index in [2.05, 4.69) is 5.32 Å². The number of ether oxygens (including phenoxy) is 1. The first-order chi connectivity index (χ1) is 15.6. The zero-order valence-electron chi connectivity index (χ0n) is 17.8. The Kier molecular flexibility index (Phi) is 5.49. The number of aryl methyl sites for hydroxylation is 1. The van der Waals surface area contributed by atoms with Crippen LogP contribution in [0.2, 0.25) is 0 Å². The van der Waals surface area contributed by atoms with Crippen molar-refractivity contribution in [2.24, 2.45) is 4.99 Å². The lowest BCUT2D eigenvalue weighted by Gasteiger charge is -2.20. The number of thiophene rings is 1. The molecule has 2 aromatic carbocycles. The molecule has 0 saturated heterocycles. The van der Waals surface area contributed by atoms with Gasteiger partial charge in [0.15, 0.2) is 0 Å². The van der Waals surface area contributed by atoms with Crippen LogP contribution in [0.5, 0.6) is 5.75 Å². The van der Waals surface area contributed by atoms with Gasteiger partial charge in [0.05, 0.1) is 12.8 Å². The number of benzene rings is 2. The number of hydrogen-bond acceptors (Lipinski definition) is 5. The molecule has 2 heterocycles. The first kappa shape index (κ1) is 20.5. The number of aliphatic imine (C=N–C) groups is 1. The SMILES string of the molecule is COc1ccc(C2=NCC(=O)N(CC(=O)Nc3ccccc3)c3sc4c(c32)CCC4)cc1. The molecule has 0 radical (unpaired) electrons. The van der Waals surface area contributed by atoms with Gasteiger partial charge >= 0.3 is 0 Å². The maximum atomic E-state index is 13.1. The van der Waals surface area contributed by atoms with Gasteiger partial charge in [-0.15, -0.1) is 11.3 Å². The minimum atomic E-state index is -0.225. The van der Waals surface area contributed by atoms with E-state index in [0.717, 1.165) is 46.9 Å². The molecule has 0 fully saturated rings. The fourth-order valence-corrected chi connectivity index (χ4v) is 5.66. The molecule has 0 unspecified atom stereocenters. The van der Waals surface area contributed by atoms with Crippen molar-refractivity contribution in [1.82, 2.24) is 0 Å². The Morgan fingerprint density at radius 1 is 1.12 bits per heavy atom. The van der Waals surface area contributed by atoms with E-state index < -0.39 is 0 Å². The number of nitrogens with zero attached hydrogens (tertiary/aromatic N) is 2. The molecule has 0 atom stereocenters. The summed E-state index contributed by atoms with van der Waals surface area (Å²) in [6, 6.07) is 17.0. The van der Waals surface area contributed by atoms with E-state index in [9.17, 15) is 9.59 Å². The van der Waals surface area contributed by atoms with Crippen molar-refractivity contribution in [1.29, 1.82) is 0 Å². The lowest BCUT2D eigenvalue weighted by molar-refractivity contribution is -0.120. The van der Waals surface area contributed by atoms with Crippen LogP contribution in [0, 0.1) is 0 Å². The normalized spacial score (nSPS) is 15.0. The van der Waals surface area contributed by atoms with Crippen molar-refractivity contribution in [3.8, 4) is 5.75 Å². The minimum absolute atomic E-state index is 0.0101. The Morgan fingerprint density at radius 2 is 1.91 bits per heavy atom. The fourth-order valence-electron chi connectivity index (χ4n) is 4.26. The van der Waals surface area contributed by atoms with Crippen molar-refractivity contribution < 1.29 is 14.3 Å². The topological polar surface area (TPSA) is 71.0 Å². The predicted octanol–water partition coefficient (Wildman–Crippen LogP) is 4.07. The number of amides is 2. The molecule has 0 spiro atoms. The summed E-state index contributed by atoms with van der Waals surface area (Å²) < 4.78 is 5.29. The van der Waals surface area contributed by atoms with E-state index in [0.29, 0.717) is 5.69 Å². The minimum Gasteiger partial charge on any atom is -0.497 e. The second-order valence-electron chi connectivity index (χ2n) is 7.82. The van der Waals surface area contributed by atoms with Gasteiger partial charge in [0, 0.05) is 21.7 Å². The van der Waals surface area contributed by atoms with Crippen molar-refractivity contribution in [3.05, 3.63) is 76.2 Å². The maximum absolute atomic E-state index is 13.1. The molecule has 162 valence electrons. The van der Waals surface area contributed by atoms with Crippen molar-refractivity contribution >= 4 is 39.6 Å². The van der Waals surface area contributed by atoms with Crippen LogP contribution in [0.15, 0.2) is 59.6 Å². The van der Waals surface area contributed by atoms with Gasteiger partial charge in [0.25, 0.3) is 0 Å². The van der Waals surface area contributed by atoms with Crippen LogP contribution in [0.3, 0.4) is 0 Å². The van der Waals surface area contributed by atoms with Crippen molar-refractivity contribution in [2.45, 2.75) is 19.3 Å². The second-order valence-corrected chi connectivity index (χ2v) is 8.91. The van der Waals surface area contributed by atoms with Gasteiger partial charge < -0.3 is 10.1 Å². The quantitative estimate of drug-likeness (QED) is 0.644. The van der Waals surface area contributed by atoms with Crippen LogP contribution < -0.4 is 15.0 Å². The van der Waals surface area contributed by atoms with E-state index in [-0.39, 0.29) is 24.9 Å². The molecule has 3 aromatic rings. The standard InChI is InChI=1S/C25H23N3O3S/c1-31-18-12-10-16(11-13-18)24-23-19-8-5-9-20(19)32-25(23)28(22(30)14-26-24)15-21(29)27-17-6-3-2-4-7-17/h2-4,6-7,10-13H,5,8-9,14-15H2,1H3,(H,27,29). The van der Waals surface area contributed by atoms with Crippen LogP contribution in [0.4, 0.5) is 10.7 Å². The molecule has 32 heavy (non-hydrogen) atoms. The molecule has 6 nitrogen and oxygen atoms in total. The summed E-state index contributed by atoms with van der Waals surface area (Å²) >= 11 is 1.62. The molecule has 1 aliphatic carbocycles. The molecule has 0 bridgehead atoms. The molecule has 1 aromatic heterocycles. The van der Waals surface area contributed by atoms with Gasteiger partial charge in [0.2, 0.25) is 11.8 Å². The third kappa shape index (κ3) is 3.80. The van der Waals surface area contributed by atoms with Gasteiger partial charge in [-0.1, -0.05) is 18.2 Å². The highest BCUT2D eigenvalue weighted by Crippen LogP contribution is 2.43. The van der Waals surface area contributed by atoms with Gasteiger partial charge in [-0.3, -0.25) is 19.5 Å². The summed E-state index contributed by atoms with van der Waals surface area (Å²) in [5, 5.41) is 3.72. The number of fused-ring (bicyclic) bond motifs is 3.